The van der Waals surface area contributed by atoms with Crippen LogP contribution < -0.4 is 10.1 Å². The number of hydrogen-bond donors (Lipinski definition) is 1. The van der Waals surface area contributed by atoms with Crippen LogP contribution in [0.25, 0.3) is 0 Å². The minimum atomic E-state index is -0.146. The van der Waals surface area contributed by atoms with Crippen LogP contribution in [0.4, 0.5) is 0 Å². The Labute approximate surface area is 144 Å². The zero-order valence-electron chi connectivity index (χ0n) is 14.3. The van der Waals surface area contributed by atoms with Crippen LogP contribution >= 0.6 is 0 Å². The molecular formula is C16H19N7O2. The van der Waals surface area contributed by atoms with E-state index >= 15 is 0 Å². The van der Waals surface area contributed by atoms with Crippen molar-refractivity contribution in [3.05, 3.63) is 53.1 Å². The van der Waals surface area contributed by atoms with Gasteiger partial charge in [0.05, 0.1) is 6.20 Å². The summed E-state index contributed by atoms with van der Waals surface area (Å²) in [6.45, 7) is 2.67. The first kappa shape index (κ1) is 16.6. The molecule has 0 radical (unpaired) electrons. The second kappa shape index (κ2) is 7.12. The van der Waals surface area contributed by atoms with Crippen LogP contribution in [-0.2, 0) is 27.2 Å². The average Bonchev–Trinajstić information content (AvgIpc) is 3.17. The average molecular weight is 341 g/mol. The molecule has 0 saturated carbocycles. The number of carbonyl (C=O) groups is 1. The Kier molecular flexibility index (Phi) is 4.73. The van der Waals surface area contributed by atoms with Gasteiger partial charge in [-0.3, -0.25) is 9.48 Å². The van der Waals surface area contributed by atoms with E-state index in [1.807, 2.05) is 14.0 Å². The molecule has 0 spiro atoms. The smallest absolute Gasteiger partial charge is 0.251 e. The van der Waals surface area contributed by atoms with Crippen molar-refractivity contribution >= 4 is 5.91 Å². The molecule has 0 aliphatic heterocycles. The van der Waals surface area contributed by atoms with Crippen LogP contribution in [-0.4, -0.2) is 35.9 Å². The molecule has 0 saturated heterocycles. The standard InChI is InChI=1S/C16H19N7O2/c1-11-13(9-18-22(11)2)8-17-16(24)12-4-6-14(7-5-12)25-10-15-19-20-21-23(15)3/h4-7,9H,8,10H2,1-3H3,(H,17,24). The fourth-order valence-electron chi connectivity index (χ4n) is 2.22. The number of aryl methyl sites for hydroxylation is 2. The van der Waals surface area contributed by atoms with Gasteiger partial charge >= 0.3 is 0 Å². The topological polar surface area (TPSA) is 99.8 Å². The van der Waals surface area contributed by atoms with E-state index in [1.165, 1.54) is 0 Å². The lowest BCUT2D eigenvalue weighted by atomic mass is 10.2. The Balaban J connectivity index is 1.55. The fraction of sp³-hybridized carbons (Fsp3) is 0.312. The highest BCUT2D eigenvalue weighted by Crippen LogP contribution is 2.14. The van der Waals surface area contributed by atoms with Crippen LogP contribution in [0, 0.1) is 6.92 Å². The van der Waals surface area contributed by atoms with Crippen molar-refractivity contribution in [2.75, 3.05) is 0 Å². The summed E-state index contributed by atoms with van der Waals surface area (Å²) in [6, 6.07) is 6.92. The molecule has 0 bridgehead atoms. The van der Waals surface area contributed by atoms with Crippen molar-refractivity contribution in [2.24, 2.45) is 14.1 Å². The maximum absolute atomic E-state index is 12.2. The summed E-state index contributed by atoms with van der Waals surface area (Å²) in [4.78, 5) is 12.2. The molecule has 1 aromatic carbocycles. The van der Waals surface area contributed by atoms with Gasteiger partial charge < -0.3 is 10.1 Å². The molecule has 25 heavy (non-hydrogen) atoms. The molecule has 2 aromatic heterocycles. The van der Waals surface area contributed by atoms with E-state index in [0.717, 1.165) is 11.3 Å². The van der Waals surface area contributed by atoms with Crippen LogP contribution in [0.1, 0.15) is 27.4 Å². The highest BCUT2D eigenvalue weighted by atomic mass is 16.5. The normalized spacial score (nSPS) is 10.7. The third-order valence-electron chi connectivity index (χ3n) is 3.97. The van der Waals surface area contributed by atoms with Crippen LogP contribution in [0.3, 0.4) is 0 Å². The molecule has 2 heterocycles. The number of tetrazole rings is 1. The van der Waals surface area contributed by atoms with E-state index in [1.54, 1.807) is 46.9 Å². The number of nitrogens with zero attached hydrogens (tertiary/aromatic N) is 6. The number of carbonyl (C=O) groups excluding carboxylic acids is 1. The van der Waals surface area contributed by atoms with Gasteiger partial charge in [-0.2, -0.15) is 5.10 Å². The first-order valence-electron chi connectivity index (χ1n) is 7.74. The lowest BCUT2D eigenvalue weighted by Gasteiger charge is -2.07. The largest absolute Gasteiger partial charge is 0.486 e. The highest BCUT2D eigenvalue weighted by molar-refractivity contribution is 5.94. The van der Waals surface area contributed by atoms with Gasteiger partial charge in [0.2, 0.25) is 0 Å². The van der Waals surface area contributed by atoms with E-state index in [9.17, 15) is 4.79 Å². The van der Waals surface area contributed by atoms with Gasteiger partial charge in [-0.15, -0.1) is 5.10 Å². The van der Waals surface area contributed by atoms with Gasteiger partial charge in [0.25, 0.3) is 5.91 Å². The van der Waals surface area contributed by atoms with Gasteiger partial charge in [-0.25, -0.2) is 4.68 Å². The Morgan fingerprint density at radius 2 is 1.96 bits per heavy atom. The van der Waals surface area contributed by atoms with Crippen molar-refractivity contribution in [1.29, 1.82) is 0 Å². The number of rotatable bonds is 6. The first-order chi connectivity index (χ1) is 12.0. The van der Waals surface area contributed by atoms with Crippen molar-refractivity contribution < 1.29 is 9.53 Å². The molecule has 9 nitrogen and oxygen atoms in total. The Hall–Kier alpha value is -3.23. The summed E-state index contributed by atoms with van der Waals surface area (Å²) in [5.74, 6) is 1.11. The van der Waals surface area contributed by atoms with Gasteiger partial charge in [-0.1, -0.05) is 0 Å². The monoisotopic (exact) mass is 341 g/mol. The predicted octanol–water partition coefficient (Wildman–Crippen LogP) is 0.761. The second-order valence-electron chi connectivity index (χ2n) is 5.59. The maximum Gasteiger partial charge on any atom is 0.251 e. The van der Waals surface area contributed by atoms with Crippen molar-refractivity contribution in [3.8, 4) is 5.75 Å². The quantitative estimate of drug-likeness (QED) is 0.710. The third-order valence-corrected chi connectivity index (χ3v) is 3.97. The predicted molar refractivity (Wildman–Crippen MR) is 88.7 cm³/mol. The van der Waals surface area contributed by atoms with Crippen molar-refractivity contribution in [2.45, 2.75) is 20.1 Å². The fourth-order valence-corrected chi connectivity index (χ4v) is 2.22. The number of hydrogen-bond acceptors (Lipinski definition) is 6. The summed E-state index contributed by atoms with van der Waals surface area (Å²) in [6.07, 6.45) is 1.76. The number of aromatic nitrogens is 6. The van der Waals surface area contributed by atoms with E-state index in [4.69, 9.17) is 4.74 Å². The minimum Gasteiger partial charge on any atom is -0.486 e. The summed E-state index contributed by atoms with van der Waals surface area (Å²) < 4.78 is 8.93. The zero-order valence-corrected chi connectivity index (χ0v) is 14.3. The van der Waals surface area contributed by atoms with Gasteiger partial charge in [0.1, 0.15) is 12.4 Å². The molecule has 0 aliphatic rings. The number of benzene rings is 1. The highest BCUT2D eigenvalue weighted by Gasteiger charge is 2.09. The molecule has 0 atom stereocenters. The van der Waals surface area contributed by atoms with Crippen molar-refractivity contribution in [1.82, 2.24) is 35.3 Å². The summed E-state index contributed by atoms with van der Waals surface area (Å²) in [5.41, 5.74) is 2.59. The lowest BCUT2D eigenvalue weighted by molar-refractivity contribution is 0.0951. The molecule has 130 valence electrons. The number of nitrogens with one attached hydrogen (secondary N) is 1. The molecule has 0 unspecified atom stereocenters. The molecule has 0 aliphatic carbocycles. The van der Waals surface area contributed by atoms with Crippen LogP contribution in [0.5, 0.6) is 5.75 Å². The van der Waals surface area contributed by atoms with Gasteiger partial charge in [-0.05, 0) is 41.6 Å². The Morgan fingerprint density at radius 3 is 2.56 bits per heavy atom. The molecule has 1 amide bonds. The summed E-state index contributed by atoms with van der Waals surface area (Å²) in [7, 11) is 3.62. The lowest BCUT2D eigenvalue weighted by Crippen LogP contribution is -2.23. The van der Waals surface area contributed by atoms with Gasteiger partial charge in [0, 0.05) is 37.5 Å². The molecule has 3 aromatic rings. The SMILES string of the molecule is Cc1c(CNC(=O)c2ccc(OCc3nnnn3C)cc2)cnn1C. The molecule has 3 rings (SSSR count). The van der Waals surface area contributed by atoms with Crippen LogP contribution in [0.15, 0.2) is 30.5 Å². The Morgan fingerprint density at radius 1 is 1.20 bits per heavy atom. The second-order valence-corrected chi connectivity index (χ2v) is 5.59. The zero-order chi connectivity index (χ0) is 17.8. The first-order valence-corrected chi connectivity index (χ1v) is 7.74. The molecule has 9 heteroatoms. The summed E-state index contributed by atoms with van der Waals surface area (Å²) in [5, 5.41) is 18.2. The summed E-state index contributed by atoms with van der Waals surface area (Å²) >= 11 is 0. The number of ether oxygens (including phenoxy) is 1. The van der Waals surface area contributed by atoms with Gasteiger partial charge in [0.15, 0.2) is 5.82 Å². The molecule has 0 fully saturated rings. The maximum atomic E-state index is 12.2. The molecular weight excluding hydrogens is 322 g/mol. The van der Waals surface area contributed by atoms with E-state index < -0.39 is 0 Å². The number of amides is 1. The van der Waals surface area contributed by atoms with E-state index in [-0.39, 0.29) is 12.5 Å². The van der Waals surface area contributed by atoms with E-state index in [0.29, 0.717) is 23.7 Å². The minimum absolute atomic E-state index is 0.146. The van der Waals surface area contributed by atoms with Crippen molar-refractivity contribution in [3.63, 3.8) is 0 Å². The Bertz CT molecular complexity index is 867. The van der Waals surface area contributed by atoms with Crippen LogP contribution in [0.2, 0.25) is 0 Å². The molecule has 1 N–H and O–H groups in total. The third kappa shape index (κ3) is 3.82. The van der Waals surface area contributed by atoms with E-state index in [2.05, 4.69) is 25.9 Å².